The van der Waals surface area contributed by atoms with Crippen molar-refractivity contribution in [1.82, 2.24) is 10.2 Å². The van der Waals surface area contributed by atoms with E-state index >= 15 is 0 Å². The number of piperidine rings is 1. The number of thiophene rings is 1. The Balaban J connectivity index is 1.73. The van der Waals surface area contributed by atoms with Crippen molar-refractivity contribution in [2.45, 2.75) is 25.8 Å². The SMILES string of the molecule is O=C(O)CC1CCN(C(=O)NCc2ccc(Cl)s2)CC1. The highest BCUT2D eigenvalue weighted by Crippen LogP contribution is 2.22. The van der Waals surface area contributed by atoms with Gasteiger partial charge in [0.15, 0.2) is 0 Å². The molecule has 2 heterocycles. The summed E-state index contributed by atoms with van der Waals surface area (Å²) in [5, 5.41) is 11.6. The lowest BCUT2D eigenvalue weighted by atomic mass is 9.94. The molecule has 1 saturated heterocycles. The maximum absolute atomic E-state index is 12.0. The molecule has 0 aromatic carbocycles. The van der Waals surface area contributed by atoms with Gasteiger partial charge in [-0.1, -0.05) is 11.6 Å². The Morgan fingerprint density at radius 3 is 2.65 bits per heavy atom. The number of aliphatic carboxylic acids is 1. The zero-order valence-electron chi connectivity index (χ0n) is 11.0. The van der Waals surface area contributed by atoms with Gasteiger partial charge in [-0.15, -0.1) is 11.3 Å². The second kappa shape index (κ2) is 6.95. The van der Waals surface area contributed by atoms with Crippen LogP contribution in [0.25, 0.3) is 0 Å². The number of rotatable bonds is 4. The van der Waals surface area contributed by atoms with E-state index in [0.29, 0.717) is 24.0 Å². The minimum absolute atomic E-state index is 0.0942. The maximum atomic E-state index is 12.0. The van der Waals surface area contributed by atoms with Gasteiger partial charge in [0, 0.05) is 24.4 Å². The molecular formula is C13H17ClN2O3S. The van der Waals surface area contributed by atoms with Crippen molar-refractivity contribution in [3.63, 3.8) is 0 Å². The van der Waals surface area contributed by atoms with Crippen LogP contribution in [0.4, 0.5) is 4.79 Å². The van der Waals surface area contributed by atoms with Crippen molar-refractivity contribution >= 4 is 34.9 Å². The van der Waals surface area contributed by atoms with Gasteiger partial charge in [-0.3, -0.25) is 4.79 Å². The lowest BCUT2D eigenvalue weighted by Crippen LogP contribution is -2.44. The Hall–Kier alpha value is -1.27. The van der Waals surface area contributed by atoms with Crippen LogP contribution in [-0.2, 0) is 11.3 Å². The van der Waals surface area contributed by atoms with Crippen molar-refractivity contribution < 1.29 is 14.7 Å². The fourth-order valence-electron chi connectivity index (χ4n) is 2.31. The molecule has 2 rings (SSSR count). The van der Waals surface area contributed by atoms with Gasteiger partial charge in [0.25, 0.3) is 0 Å². The second-order valence-electron chi connectivity index (χ2n) is 4.89. The number of nitrogens with one attached hydrogen (secondary N) is 1. The number of hydrogen-bond acceptors (Lipinski definition) is 3. The van der Waals surface area contributed by atoms with Crippen LogP contribution < -0.4 is 5.32 Å². The molecule has 7 heteroatoms. The first-order valence-electron chi connectivity index (χ1n) is 6.53. The molecule has 2 amide bonds. The second-order valence-corrected chi connectivity index (χ2v) is 6.69. The number of carboxylic acids is 1. The van der Waals surface area contributed by atoms with Crippen LogP contribution in [0.1, 0.15) is 24.1 Å². The third-order valence-corrected chi connectivity index (χ3v) is 4.64. The fourth-order valence-corrected chi connectivity index (χ4v) is 3.34. The van der Waals surface area contributed by atoms with E-state index in [-0.39, 0.29) is 18.4 Å². The number of halogens is 1. The van der Waals surface area contributed by atoms with Crippen LogP contribution in [0.15, 0.2) is 12.1 Å². The molecule has 1 fully saturated rings. The highest BCUT2D eigenvalue weighted by molar-refractivity contribution is 7.16. The first kappa shape index (κ1) is 15.1. The normalized spacial score (nSPS) is 16.1. The van der Waals surface area contributed by atoms with Gasteiger partial charge in [0.05, 0.1) is 10.9 Å². The first-order chi connectivity index (χ1) is 9.54. The Kier molecular flexibility index (Phi) is 5.25. The minimum Gasteiger partial charge on any atom is -0.481 e. The van der Waals surface area contributed by atoms with Crippen molar-refractivity contribution in [2.75, 3.05) is 13.1 Å². The number of urea groups is 1. The van der Waals surface area contributed by atoms with Gasteiger partial charge in [-0.25, -0.2) is 4.79 Å². The molecule has 2 N–H and O–H groups in total. The van der Waals surface area contributed by atoms with Crippen molar-refractivity contribution in [3.05, 3.63) is 21.3 Å². The number of nitrogens with zero attached hydrogens (tertiary/aromatic N) is 1. The van der Waals surface area contributed by atoms with E-state index in [0.717, 1.165) is 17.7 Å². The number of hydrogen-bond donors (Lipinski definition) is 2. The number of carbonyl (C=O) groups excluding carboxylic acids is 1. The standard InChI is InChI=1S/C13H17ClN2O3S/c14-11-2-1-10(20-11)8-15-13(19)16-5-3-9(4-6-16)7-12(17)18/h1-2,9H,3-8H2,(H,15,19)(H,17,18). The number of amides is 2. The smallest absolute Gasteiger partial charge is 0.317 e. The third-order valence-electron chi connectivity index (χ3n) is 3.41. The average Bonchev–Trinajstić information content (AvgIpc) is 2.82. The summed E-state index contributed by atoms with van der Waals surface area (Å²) in [4.78, 5) is 25.4. The summed E-state index contributed by atoms with van der Waals surface area (Å²) >= 11 is 7.28. The molecule has 1 aromatic rings. The molecule has 0 radical (unpaired) electrons. The fraction of sp³-hybridized carbons (Fsp3) is 0.538. The van der Waals surface area contributed by atoms with Gasteiger partial charge in [0.1, 0.15) is 0 Å². The van der Waals surface area contributed by atoms with Gasteiger partial charge in [0.2, 0.25) is 0 Å². The van der Waals surface area contributed by atoms with Crippen LogP contribution in [-0.4, -0.2) is 35.1 Å². The van der Waals surface area contributed by atoms with Gasteiger partial charge < -0.3 is 15.3 Å². The Morgan fingerprint density at radius 1 is 1.40 bits per heavy atom. The molecule has 5 nitrogen and oxygen atoms in total. The third kappa shape index (κ3) is 4.38. The lowest BCUT2D eigenvalue weighted by Gasteiger charge is -2.31. The largest absolute Gasteiger partial charge is 0.481 e. The quantitative estimate of drug-likeness (QED) is 0.897. The first-order valence-corrected chi connectivity index (χ1v) is 7.73. The van der Waals surface area contributed by atoms with E-state index in [1.54, 1.807) is 4.90 Å². The zero-order valence-corrected chi connectivity index (χ0v) is 12.5. The molecule has 0 saturated carbocycles. The van der Waals surface area contributed by atoms with Crippen LogP contribution in [0.3, 0.4) is 0 Å². The van der Waals surface area contributed by atoms with E-state index in [9.17, 15) is 9.59 Å². The van der Waals surface area contributed by atoms with Gasteiger partial charge >= 0.3 is 12.0 Å². The monoisotopic (exact) mass is 316 g/mol. The summed E-state index contributed by atoms with van der Waals surface area (Å²) in [5.74, 6) is -0.574. The topological polar surface area (TPSA) is 69.6 Å². The average molecular weight is 317 g/mol. The predicted octanol–water partition coefficient (Wildman–Crippen LogP) is 2.80. The highest BCUT2D eigenvalue weighted by atomic mass is 35.5. The molecular weight excluding hydrogens is 300 g/mol. The zero-order chi connectivity index (χ0) is 14.5. The summed E-state index contributed by atoms with van der Waals surface area (Å²) in [6.07, 6.45) is 1.71. The molecule has 0 unspecified atom stereocenters. The summed E-state index contributed by atoms with van der Waals surface area (Å²) < 4.78 is 0.712. The predicted molar refractivity (Wildman–Crippen MR) is 78.1 cm³/mol. The van der Waals surface area contributed by atoms with Crippen LogP contribution in [0, 0.1) is 5.92 Å². The summed E-state index contributed by atoms with van der Waals surface area (Å²) in [7, 11) is 0. The molecule has 0 aliphatic carbocycles. The molecule has 1 aliphatic heterocycles. The molecule has 110 valence electrons. The van der Waals surface area contributed by atoms with Crippen LogP contribution >= 0.6 is 22.9 Å². The molecule has 1 aliphatic rings. The van der Waals surface area contributed by atoms with Crippen LogP contribution in [0.5, 0.6) is 0 Å². The maximum Gasteiger partial charge on any atom is 0.317 e. The van der Waals surface area contributed by atoms with E-state index in [1.807, 2.05) is 12.1 Å². The Morgan fingerprint density at radius 2 is 2.10 bits per heavy atom. The molecule has 0 spiro atoms. The molecule has 0 bridgehead atoms. The van der Waals surface area contributed by atoms with Crippen molar-refractivity contribution in [3.8, 4) is 0 Å². The highest BCUT2D eigenvalue weighted by Gasteiger charge is 2.24. The summed E-state index contributed by atoms with van der Waals surface area (Å²) in [6, 6.07) is 3.61. The van der Waals surface area contributed by atoms with Gasteiger partial charge in [-0.2, -0.15) is 0 Å². The van der Waals surface area contributed by atoms with Crippen molar-refractivity contribution in [2.24, 2.45) is 5.92 Å². The van der Waals surface area contributed by atoms with E-state index in [1.165, 1.54) is 11.3 Å². The van der Waals surface area contributed by atoms with E-state index in [4.69, 9.17) is 16.7 Å². The van der Waals surface area contributed by atoms with Crippen LogP contribution in [0.2, 0.25) is 4.34 Å². The molecule has 20 heavy (non-hydrogen) atoms. The molecule has 1 aromatic heterocycles. The summed E-state index contributed by atoms with van der Waals surface area (Å²) in [6.45, 7) is 1.72. The van der Waals surface area contributed by atoms with E-state index in [2.05, 4.69) is 5.32 Å². The summed E-state index contributed by atoms with van der Waals surface area (Å²) in [5.41, 5.74) is 0. The number of carboxylic acid groups (broad SMARTS) is 1. The number of carbonyl (C=O) groups is 2. The minimum atomic E-state index is -0.762. The van der Waals surface area contributed by atoms with E-state index < -0.39 is 5.97 Å². The molecule has 0 atom stereocenters. The van der Waals surface area contributed by atoms with Gasteiger partial charge in [-0.05, 0) is 30.9 Å². The Bertz CT molecular complexity index is 484. The lowest BCUT2D eigenvalue weighted by molar-refractivity contribution is -0.138. The van der Waals surface area contributed by atoms with Crippen molar-refractivity contribution in [1.29, 1.82) is 0 Å². The Labute approximate surface area is 126 Å². The number of likely N-dealkylation sites (tertiary alicyclic amines) is 1.